The van der Waals surface area contributed by atoms with E-state index >= 15 is 0 Å². The number of nitriles is 2. The largest absolute Gasteiger partial charge is 0.309 e. The van der Waals surface area contributed by atoms with Gasteiger partial charge in [0.15, 0.2) is 11.6 Å². The molecule has 6 aromatic carbocycles. The van der Waals surface area contributed by atoms with Crippen LogP contribution in [0.5, 0.6) is 0 Å². The second kappa shape index (κ2) is 14.0. The van der Waals surface area contributed by atoms with Gasteiger partial charge in [-0.2, -0.15) is 20.5 Å². The van der Waals surface area contributed by atoms with Gasteiger partial charge in [0, 0.05) is 56.9 Å². The fourth-order valence-electron chi connectivity index (χ4n) is 8.23. The normalized spacial score (nSPS) is 11.3. The van der Waals surface area contributed by atoms with E-state index in [1.807, 2.05) is 116 Å². The summed E-state index contributed by atoms with van der Waals surface area (Å²) in [6, 6.07) is 54.9. The Bertz CT molecular complexity index is 3500. The lowest BCUT2D eigenvalue weighted by molar-refractivity contribution is 0.951. The average molecular weight is 768 g/mol. The zero-order valence-electron chi connectivity index (χ0n) is 31.8. The lowest BCUT2D eigenvalue weighted by Crippen LogP contribution is -2.06. The maximum absolute atomic E-state index is 9.80. The van der Waals surface area contributed by atoms with E-state index in [9.17, 15) is 10.5 Å². The summed E-state index contributed by atoms with van der Waals surface area (Å²) in [6.45, 7) is 0. The van der Waals surface area contributed by atoms with Crippen molar-refractivity contribution in [3.63, 3.8) is 0 Å². The lowest BCUT2D eigenvalue weighted by Gasteiger charge is -2.11. The molecular weight excluding hydrogens is 739 g/mol. The van der Waals surface area contributed by atoms with Gasteiger partial charge in [-0.3, -0.25) is 14.5 Å². The number of pyridine rings is 2. The maximum Gasteiger partial charge on any atom is 0.238 e. The van der Waals surface area contributed by atoms with Crippen molar-refractivity contribution in [1.29, 1.82) is 10.5 Å². The van der Waals surface area contributed by atoms with Crippen LogP contribution >= 0.6 is 0 Å². The van der Waals surface area contributed by atoms with E-state index < -0.39 is 0 Å². The summed E-state index contributed by atoms with van der Waals surface area (Å²) in [4.78, 5) is 24.1. The molecule has 0 bridgehead atoms. The summed E-state index contributed by atoms with van der Waals surface area (Å²) in [5, 5.41) is 23.4. The number of benzene rings is 6. The zero-order chi connectivity index (χ0) is 40.2. The van der Waals surface area contributed by atoms with Crippen LogP contribution in [0.3, 0.4) is 0 Å². The molecule has 60 heavy (non-hydrogen) atoms. The van der Waals surface area contributed by atoms with Crippen molar-refractivity contribution in [2.45, 2.75) is 0 Å². The highest BCUT2D eigenvalue weighted by molar-refractivity contribution is 6.12. The van der Waals surface area contributed by atoms with Crippen LogP contribution in [-0.2, 0) is 0 Å². The van der Waals surface area contributed by atoms with Crippen molar-refractivity contribution < 1.29 is 0 Å². The van der Waals surface area contributed by atoms with Crippen molar-refractivity contribution in [2.75, 3.05) is 0 Å². The van der Waals surface area contributed by atoms with E-state index in [4.69, 9.17) is 15.0 Å². The maximum atomic E-state index is 9.80. The fourth-order valence-corrected chi connectivity index (χ4v) is 8.23. The Morgan fingerprint density at radius 3 is 1.68 bits per heavy atom. The molecule has 0 aliphatic carbocycles. The third-order valence-corrected chi connectivity index (χ3v) is 11.1. The van der Waals surface area contributed by atoms with Gasteiger partial charge in [0.2, 0.25) is 5.95 Å². The fraction of sp³-hybridized carbons (Fsp3) is 0. The van der Waals surface area contributed by atoms with Crippen LogP contribution in [0.2, 0.25) is 0 Å². The summed E-state index contributed by atoms with van der Waals surface area (Å²) < 4.78 is 4.33. The molecule has 0 atom stereocenters. The SMILES string of the molecule is N#Cc1ccc(-c2ccc(-n3c4ccncc4c4cc(-c5ccc6c(c5)c5ccncc5n6-c5nc(-c6ccccc6)nc(-c6ccccc6)n5)ccc43)cc2)c(C#N)c1. The summed E-state index contributed by atoms with van der Waals surface area (Å²) in [5.41, 5.74) is 11.5. The van der Waals surface area contributed by atoms with Gasteiger partial charge < -0.3 is 4.57 Å². The standard InChI is InChI=1S/C51H29N9/c52-28-32-11-18-40(38(25-32)29-53)33-12-16-39(17-13-33)59-45-19-14-37(27-43(45)44-30-54-24-22-47(44)59)36-15-20-46-42(26-36)41-21-23-55-31-48(41)60(46)51-57-49(34-7-3-1-4-8-34)56-50(58-51)35-9-5-2-6-10-35/h1-27,30-31H. The predicted octanol–water partition coefficient (Wildman–Crippen LogP) is 11.3. The van der Waals surface area contributed by atoms with Crippen molar-refractivity contribution in [2.24, 2.45) is 0 Å². The molecule has 5 heterocycles. The Morgan fingerprint density at radius 2 is 1.02 bits per heavy atom. The summed E-state index contributed by atoms with van der Waals surface area (Å²) >= 11 is 0. The molecule has 0 saturated heterocycles. The van der Waals surface area contributed by atoms with Gasteiger partial charge in [-0.25, -0.2) is 4.98 Å². The Morgan fingerprint density at radius 1 is 0.417 bits per heavy atom. The van der Waals surface area contributed by atoms with Crippen LogP contribution in [0.1, 0.15) is 11.1 Å². The Labute approximate surface area is 343 Å². The molecule has 9 heteroatoms. The Hall–Kier alpha value is -8.79. The molecule has 0 aliphatic heterocycles. The number of rotatable bonds is 6. The zero-order valence-corrected chi connectivity index (χ0v) is 31.8. The first-order chi connectivity index (χ1) is 29.6. The quantitative estimate of drug-likeness (QED) is 0.165. The van der Waals surface area contributed by atoms with Crippen LogP contribution in [0, 0.1) is 22.7 Å². The number of hydrogen-bond donors (Lipinski definition) is 0. The molecular formula is C51H29N9. The van der Waals surface area contributed by atoms with Gasteiger partial charge in [0.05, 0.1) is 51.5 Å². The molecule has 0 radical (unpaired) electrons. The molecule has 11 aromatic rings. The van der Waals surface area contributed by atoms with E-state index in [0.717, 1.165) is 82.7 Å². The van der Waals surface area contributed by atoms with E-state index in [1.54, 1.807) is 12.1 Å². The third-order valence-electron chi connectivity index (χ3n) is 11.1. The van der Waals surface area contributed by atoms with Gasteiger partial charge in [-0.05, 0) is 82.9 Å². The first kappa shape index (κ1) is 34.5. The molecule has 0 aliphatic rings. The molecule has 0 fully saturated rings. The molecule has 0 saturated carbocycles. The minimum absolute atomic E-state index is 0.462. The van der Waals surface area contributed by atoms with E-state index in [-0.39, 0.29) is 0 Å². The van der Waals surface area contributed by atoms with E-state index in [0.29, 0.717) is 28.7 Å². The van der Waals surface area contributed by atoms with Crippen LogP contribution in [-0.4, -0.2) is 34.1 Å². The second-order valence-electron chi connectivity index (χ2n) is 14.5. The molecule has 9 nitrogen and oxygen atoms in total. The third kappa shape index (κ3) is 5.66. The Kier molecular flexibility index (Phi) is 8.04. The van der Waals surface area contributed by atoms with Crippen LogP contribution in [0.15, 0.2) is 176 Å². The first-order valence-corrected chi connectivity index (χ1v) is 19.3. The average Bonchev–Trinajstić information content (AvgIpc) is 3.84. The van der Waals surface area contributed by atoms with Crippen LogP contribution in [0.4, 0.5) is 0 Å². The number of fused-ring (bicyclic) bond motifs is 6. The first-order valence-electron chi connectivity index (χ1n) is 19.3. The van der Waals surface area contributed by atoms with Crippen molar-refractivity contribution in [3.05, 3.63) is 188 Å². The molecule has 5 aromatic heterocycles. The highest BCUT2D eigenvalue weighted by Gasteiger charge is 2.20. The summed E-state index contributed by atoms with van der Waals surface area (Å²) in [5.74, 6) is 1.69. The van der Waals surface area contributed by atoms with Crippen molar-refractivity contribution >= 4 is 43.6 Å². The molecule has 278 valence electrons. The van der Waals surface area contributed by atoms with Crippen molar-refractivity contribution in [1.82, 2.24) is 34.1 Å². The molecule has 0 spiro atoms. The van der Waals surface area contributed by atoms with Gasteiger partial charge in [0.25, 0.3) is 0 Å². The van der Waals surface area contributed by atoms with Gasteiger partial charge in [-0.15, -0.1) is 0 Å². The molecule has 0 N–H and O–H groups in total. The van der Waals surface area contributed by atoms with E-state index in [1.165, 1.54) is 0 Å². The van der Waals surface area contributed by atoms with E-state index in [2.05, 4.69) is 79.8 Å². The predicted molar refractivity (Wildman–Crippen MR) is 235 cm³/mol. The molecule has 0 amide bonds. The minimum Gasteiger partial charge on any atom is -0.309 e. The second-order valence-corrected chi connectivity index (χ2v) is 14.5. The van der Waals surface area contributed by atoms with Crippen molar-refractivity contribution in [3.8, 4) is 68.8 Å². The summed E-state index contributed by atoms with van der Waals surface area (Å²) in [6.07, 6.45) is 7.44. The van der Waals surface area contributed by atoms with Crippen LogP contribution in [0.25, 0.3) is 100 Å². The van der Waals surface area contributed by atoms with Gasteiger partial charge in [0.1, 0.15) is 0 Å². The van der Waals surface area contributed by atoms with Gasteiger partial charge in [-0.1, -0.05) is 91.0 Å². The highest BCUT2D eigenvalue weighted by atomic mass is 15.2. The molecule has 0 unspecified atom stereocenters. The molecule has 11 rings (SSSR count). The van der Waals surface area contributed by atoms with Crippen LogP contribution < -0.4 is 0 Å². The smallest absolute Gasteiger partial charge is 0.238 e. The lowest BCUT2D eigenvalue weighted by atomic mass is 9.98. The summed E-state index contributed by atoms with van der Waals surface area (Å²) in [7, 11) is 0. The number of aromatic nitrogens is 7. The minimum atomic E-state index is 0.462. The number of nitrogens with zero attached hydrogens (tertiary/aromatic N) is 9. The number of hydrogen-bond acceptors (Lipinski definition) is 7. The Balaban J connectivity index is 1.03. The topological polar surface area (TPSA) is 122 Å². The monoisotopic (exact) mass is 767 g/mol. The highest BCUT2D eigenvalue weighted by Crippen LogP contribution is 2.38. The van der Waals surface area contributed by atoms with Gasteiger partial charge >= 0.3 is 0 Å².